The second-order valence-corrected chi connectivity index (χ2v) is 17.4. The Labute approximate surface area is 277 Å². The van der Waals surface area contributed by atoms with E-state index in [9.17, 15) is 18.0 Å². The van der Waals surface area contributed by atoms with Gasteiger partial charge in [0.25, 0.3) is 5.91 Å². The number of hydrogen-bond donors (Lipinski definition) is 1. The molecule has 10 heteroatoms. The number of benzene rings is 2. The van der Waals surface area contributed by atoms with E-state index in [1.54, 1.807) is 27.0 Å². The van der Waals surface area contributed by atoms with Crippen molar-refractivity contribution in [3.05, 3.63) is 53.1 Å². The normalized spacial score (nSPS) is 27.3. The Morgan fingerprint density at radius 1 is 0.979 bits per heavy atom. The molecule has 47 heavy (non-hydrogen) atoms. The monoisotopic (exact) mass is 658 g/mol. The van der Waals surface area contributed by atoms with Crippen molar-refractivity contribution < 1.29 is 22.7 Å². The van der Waals surface area contributed by atoms with Crippen LogP contribution in [-0.4, -0.2) is 79.2 Å². The molecule has 1 N–H and O–H groups in total. The summed E-state index contributed by atoms with van der Waals surface area (Å²) in [5, 5.41) is 0.368. The van der Waals surface area contributed by atoms with Gasteiger partial charge in [-0.2, -0.15) is 0 Å². The van der Waals surface area contributed by atoms with E-state index in [0.717, 1.165) is 73.1 Å². The van der Waals surface area contributed by atoms with Gasteiger partial charge in [0.2, 0.25) is 15.9 Å². The topological polar surface area (TPSA) is 101 Å². The summed E-state index contributed by atoms with van der Waals surface area (Å²) in [6.07, 6.45) is 8.67. The van der Waals surface area contributed by atoms with Crippen LogP contribution in [0.2, 0.25) is 0 Å². The highest BCUT2D eigenvalue weighted by molar-refractivity contribution is 7.90. The molecule has 4 heterocycles. The van der Waals surface area contributed by atoms with E-state index < -0.39 is 26.6 Å². The van der Waals surface area contributed by atoms with Crippen LogP contribution in [0.3, 0.4) is 0 Å². The number of nitrogens with one attached hydrogen (secondary N) is 1. The van der Waals surface area contributed by atoms with Crippen LogP contribution in [0.1, 0.15) is 98.5 Å². The highest BCUT2D eigenvalue weighted by Crippen LogP contribution is 2.66. The second-order valence-electron chi connectivity index (χ2n) is 15.1. The van der Waals surface area contributed by atoms with Crippen LogP contribution >= 0.6 is 0 Å². The number of fused-ring (bicyclic) bond motifs is 9. The summed E-state index contributed by atoms with van der Waals surface area (Å²) in [5.41, 5.74) is 5.40. The van der Waals surface area contributed by atoms with Crippen LogP contribution < -0.4 is 9.46 Å². The van der Waals surface area contributed by atoms with E-state index in [0.29, 0.717) is 18.0 Å². The predicted octanol–water partition coefficient (Wildman–Crippen LogP) is 5.62. The quantitative estimate of drug-likeness (QED) is 0.369. The molecule has 8 rings (SSSR count). The highest BCUT2D eigenvalue weighted by atomic mass is 32.2. The summed E-state index contributed by atoms with van der Waals surface area (Å²) in [6, 6.07) is 12.5. The van der Waals surface area contributed by atoms with Crippen LogP contribution in [0.4, 0.5) is 0 Å². The van der Waals surface area contributed by atoms with Gasteiger partial charge in [-0.1, -0.05) is 25.3 Å². The predicted molar refractivity (Wildman–Crippen MR) is 182 cm³/mol. The largest absolute Gasteiger partial charge is 0.497 e. The molecule has 0 spiro atoms. The van der Waals surface area contributed by atoms with Gasteiger partial charge in [-0.15, -0.1) is 0 Å². The van der Waals surface area contributed by atoms with E-state index in [-0.39, 0.29) is 23.9 Å². The Morgan fingerprint density at radius 3 is 2.38 bits per heavy atom. The third kappa shape index (κ3) is 4.84. The molecular weight excluding hydrogens is 612 g/mol. The van der Waals surface area contributed by atoms with Crippen molar-refractivity contribution in [1.82, 2.24) is 19.1 Å². The van der Waals surface area contributed by atoms with Crippen molar-refractivity contribution in [1.29, 1.82) is 0 Å². The Hall–Kier alpha value is -3.37. The molecule has 3 aliphatic heterocycles. The molecule has 2 aromatic carbocycles. The number of likely N-dealkylation sites (tertiary alicyclic amines) is 1. The molecule has 5 aliphatic rings. The van der Waals surface area contributed by atoms with Crippen molar-refractivity contribution >= 4 is 32.7 Å². The summed E-state index contributed by atoms with van der Waals surface area (Å²) in [5.74, 6) is 0.885. The van der Waals surface area contributed by atoms with Crippen molar-refractivity contribution in [3.63, 3.8) is 0 Å². The zero-order valence-corrected chi connectivity index (χ0v) is 28.7. The molecule has 9 nitrogen and oxygen atoms in total. The zero-order chi connectivity index (χ0) is 32.8. The summed E-state index contributed by atoms with van der Waals surface area (Å²) >= 11 is 0. The van der Waals surface area contributed by atoms with Crippen molar-refractivity contribution in [2.45, 2.75) is 101 Å². The number of ether oxygens (including phenoxy) is 1. The lowest BCUT2D eigenvalue weighted by molar-refractivity contribution is -0.143. The Bertz CT molecular complexity index is 1880. The standard InChI is InChI=1S/C37H46N4O5S/c1-22(2)47(44,45)38-35(42)24-10-14-29-32(16-24)40-21-37(36(43)41-25-11-12-26(41)20-39(3)19-25)18-31(37)30-17-27(46-4)13-15-28(30)34(40)33(29)23-8-6-5-7-9-23/h10,13-17,22-23,25-26,31H,5-9,11-12,18-21H2,1-4H3,(H,38,42)/t25?,26?,31-,37?/m0/s1. The number of methoxy groups -OCH3 is 1. The number of likely N-dealkylation sites (N-methyl/N-ethyl adjacent to an activating group) is 1. The summed E-state index contributed by atoms with van der Waals surface area (Å²) in [7, 11) is 0.0575. The number of sulfonamides is 1. The van der Waals surface area contributed by atoms with Crippen molar-refractivity contribution in [3.8, 4) is 17.0 Å². The second kappa shape index (κ2) is 11.1. The molecule has 0 radical (unpaired) electrons. The van der Waals surface area contributed by atoms with Crippen LogP contribution in [0.5, 0.6) is 5.75 Å². The van der Waals surface area contributed by atoms with E-state index in [1.807, 2.05) is 18.2 Å². The number of hydrogen-bond acceptors (Lipinski definition) is 6. The molecule has 2 amide bonds. The molecule has 4 fully saturated rings. The first-order valence-electron chi connectivity index (χ1n) is 17.4. The molecule has 1 aromatic heterocycles. The number of amides is 2. The first kappa shape index (κ1) is 30.9. The molecule has 2 saturated heterocycles. The van der Waals surface area contributed by atoms with Gasteiger partial charge in [0, 0.05) is 59.7 Å². The average molecular weight is 659 g/mol. The number of nitrogens with zero attached hydrogens (tertiary/aromatic N) is 3. The Kier molecular flexibility index (Phi) is 7.30. The van der Waals surface area contributed by atoms with Crippen LogP contribution in [-0.2, 0) is 21.4 Å². The molecule has 250 valence electrons. The van der Waals surface area contributed by atoms with Gasteiger partial charge in [0.15, 0.2) is 0 Å². The van der Waals surface area contributed by atoms with Gasteiger partial charge < -0.3 is 19.1 Å². The Balaban J connectivity index is 1.32. The Morgan fingerprint density at radius 2 is 1.70 bits per heavy atom. The van der Waals surface area contributed by atoms with E-state index in [4.69, 9.17) is 4.74 Å². The molecule has 2 aliphatic carbocycles. The van der Waals surface area contributed by atoms with E-state index in [2.05, 4.69) is 38.3 Å². The fourth-order valence-electron chi connectivity index (χ4n) is 9.43. The molecule has 3 aromatic rings. The zero-order valence-electron chi connectivity index (χ0n) is 27.9. The molecule has 3 unspecified atom stereocenters. The van der Waals surface area contributed by atoms with Gasteiger partial charge in [0.1, 0.15) is 5.75 Å². The average Bonchev–Trinajstić information content (AvgIpc) is 3.64. The lowest BCUT2D eigenvalue weighted by atomic mass is 9.81. The number of carbonyl (C=O) groups is 2. The number of piperazine rings is 1. The fraction of sp³-hybridized carbons (Fsp3) is 0.568. The third-order valence-electron chi connectivity index (χ3n) is 12.0. The first-order valence-corrected chi connectivity index (χ1v) is 19.0. The van der Waals surface area contributed by atoms with Gasteiger partial charge in [-0.3, -0.25) is 9.59 Å². The lowest BCUT2D eigenvalue weighted by Gasteiger charge is -2.41. The minimum absolute atomic E-state index is 0.0796. The van der Waals surface area contributed by atoms with E-state index >= 15 is 0 Å². The summed E-state index contributed by atoms with van der Waals surface area (Å²) in [4.78, 5) is 33.0. The number of carbonyl (C=O) groups excluding carboxylic acids is 2. The van der Waals surface area contributed by atoms with Crippen LogP contribution in [0, 0.1) is 5.41 Å². The molecule has 2 saturated carbocycles. The van der Waals surface area contributed by atoms with E-state index in [1.165, 1.54) is 30.4 Å². The van der Waals surface area contributed by atoms with Gasteiger partial charge >= 0.3 is 0 Å². The minimum atomic E-state index is -3.80. The maximum atomic E-state index is 15.0. The summed E-state index contributed by atoms with van der Waals surface area (Å²) < 4.78 is 35.7. The fourth-order valence-corrected chi connectivity index (χ4v) is 10.0. The van der Waals surface area contributed by atoms with Crippen molar-refractivity contribution in [2.24, 2.45) is 5.41 Å². The first-order chi connectivity index (χ1) is 22.5. The minimum Gasteiger partial charge on any atom is -0.497 e. The molecule has 2 bridgehead atoms. The highest BCUT2D eigenvalue weighted by Gasteiger charge is 2.65. The summed E-state index contributed by atoms with van der Waals surface area (Å²) in [6.45, 7) is 5.48. The lowest BCUT2D eigenvalue weighted by Crippen LogP contribution is -2.57. The van der Waals surface area contributed by atoms with Gasteiger partial charge in [-0.25, -0.2) is 13.1 Å². The SMILES string of the molecule is COc1ccc2c(c1)[C@@H]1CC1(C(=O)N1C3CCC1CN(C)C3)Cn1c-2c(C2CCCCC2)c2ccc(C(=O)NS(=O)(=O)C(C)C)cc21. The maximum Gasteiger partial charge on any atom is 0.264 e. The maximum absolute atomic E-state index is 15.0. The van der Waals surface area contributed by atoms with Crippen LogP contribution in [0.25, 0.3) is 22.2 Å². The number of rotatable bonds is 6. The molecular formula is C37H46N4O5S. The van der Waals surface area contributed by atoms with Gasteiger partial charge in [-0.05, 0) is 100 Å². The third-order valence-corrected chi connectivity index (χ3v) is 13.7. The van der Waals surface area contributed by atoms with Gasteiger partial charge in [0.05, 0.1) is 23.5 Å². The van der Waals surface area contributed by atoms with Crippen molar-refractivity contribution in [2.75, 3.05) is 27.2 Å². The number of aromatic nitrogens is 1. The molecule has 4 atom stereocenters. The van der Waals surface area contributed by atoms with Crippen LogP contribution in [0.15, 0.2) is 36.4 Å². The smallest absolute Gasteiger partial charge is 0.264 e.